The van der Waals surface area contributed by atoms with E-state index in [-0.39, 0.29) is 18.3 Å². The van der Waals surface area contributed by atoms with Gasteiger partial charge in [-0.25, -0.2) is 9.59 Å². The smallest absolute Gasteiger partial charge is 0.338 e. The third kappa shape index (κ3) is 3.69. The number of ether oxygens (including phenoxy) is 1. The SMILES string of the molecule is CCOC(=O)C1=C(C)N(C)C(=O)N(c2ccc([N+](=O)[O-])cc2)C1c1ccccc1. The zero-order valence-corrected chi connectivity index (χ0v) is 16.4. The molecule has 3 rings (SSSR count). The van der Waals surface area contributed by atoms with Crippen LogP contribution in [0.3, 0.4) is 0 Å². The Labute approximate surface area is 168 Å². The summed E-state index contributed by atoms with van der Waals surface area (Å²) in [4.78, 5) is 39.4. The first-order valence-electron chi connectivity index (χ1n) is 9.11. The molecule has 1 aliphatic heterocycles. The largest absolute Gasteiger partial charge is 0.463 e. The Morgan fingerprint density at radius 2 is 1.76 bits per heavy atom. The first-order chi connectivity index (χ1) is 13.9. The molecule has 29 heavy (non-hydrogen) atoms. The Hall–Kier alpha value is -3.68. The van der Waals surface area contributed by atoms with Gasteiger partial charge in [0.05, 0.1) is 23.1 Å². The Balaban J connectivity index is 2.20. The van der Waals surface area contributed by atoms with Gasteiger partial charge in [-0.05, 0) is 31.5 Å². The third-order valence-corrected chi connectivity index (χ3v) is 4.87. The van der Waals surface area contributed by atoms with E-state index >= 15 is 0 Å². The van der Waals surface area contributed by atoms with Gasteiger partial charge in [0, 0.05) is 30.6 Å². The number of allylic oxidation sites excluding steroid dienone is 1. The molecule has 0 saturated carbocycles. The maximum atomic E-state index is 13.2. The van der Waals surface area contributed by atoms with Crippen LogP contribution in [0.25, 0.3) is 0 Å². The molecule has 0 radical (unpaired) electrons. The monoisotopic (exact) mass is 395 g/mol. The molecule has 2 amide bonds. The fourth-order valence-electron chi connectivity index (χ4n) is 3.34. The fraction of sp³-hybridized carbons (Fsp3) is 0.238. The highest BCUT2D eigenvalue weighted by atomic mass is 16.6. The van der Waals surface area contributed by atoms with Crippen LogP contribution in [0, 0.1) is 10.1 Å². The highest BCUT2D eigenvalue weighted by molar-refractivity contribution is 6.02. The number of benzene rings is 2. The molecule has 0 fully saturated rings. The van der Waals surface area contributed by atoms with Crippen LogP contribution in [-0.2, 0) is 9.53 Å². The van der Waals surface area contributed by atoms with Crippen LogP contribution in [0.1, 0.15) is 25.5 Å². The molecule has 150 valence electrons. The molecule has 1 unspecified atom stereocenters. The lowest BCUT2D eigenvalue weighted by molar-refractivity contribution is -0.384. The van der Waals surface area contributed by atoms with Crippen molar-refractivity contribution in [2.45, 2.75) is 19.9 Å². The number of urea groups is 1. The van der Waals surface area contributed by atoms with Crippen molar-refractivity contribution in [2.24, 2.45) is 0 Å². The van der Waals surface area contributed by atoms with Crippen LogP contribution in [0.4, 0.5) is 16.2 Å². The van der Waals surface area contributed by atoms with Gasteiger partial charge in [-0.1, -0.05) is 30.3 Å². The van der Waals surface area contributed by atoms with E-state index in [0.29, 0.717) is 17.0 Å². The van der Waals surface area contributed by atoms with E-state index in [1.807, 2.05) is 30.3 Å². The van der Waals surface area contributed by atoms with E-state index < -0.39 is 16.9 Å². The first kappa shape index (κ1) is 20.1. The number of amides is 2. The molecule has 1 heterocycles. The summed E-state index contributed by atoms with van der Waals surface area (Å²) in [5, 5.41) is 11.0. The van der Waals surface area contributed by atoms with E-state index in [9.17, 15) is 19.7 Å². The fourth-order valence-corrected chi connectivity index (χ4v) is 3.34. The van der Waals surface area contributed by atoms with Crippen molar-refractivity contribution in [3.8, 4) is 0 Å². The van der Waals surface area contributed by atoms with E-state index in [2.05, 4.69) is 0 Å². The summed E-state index contributed by atoms with van der Waals surface area (Å²) in [5.74, 6) is -0.509. The van der Waals surface area contributed by atoms with Crippen molar-refractivity contribution >= 4 is 23.4 Å². The summed E-state index contributed by atoms with van der Waals surface area (Å²) in [6.07, 6.45) is 0. The van der Waals surface area contributed by atoms with Crippen molar-refractivity contribution in [3.63, 3.8) is 0 Å². The van der Waals surface area contributed by atoms with Crippen molar-refractivity contribution < 1.29 is 19.2 Å². The number of non-ortho nitro benzene ring substituents is 1. The first-order valence-corrected chi connectivity index (χ1v) is 9.11. The topological polar surface area (TPSA) is 93.0 Å². The lowest BCUT2D eigenvalue weighted by Gasteiger charge is -2.41. The Kier molecular flexibility index (Phi) is 5.63. The zero-order chi connectivity index (χ0) is 21.1. The maximum absolute atomic E-state index is 13.2. The number of carbonyl (C=O) groups is 2. The van der Waals surface area contributed by atoms with Crippen molar-refractivity contribution in [1.82, 2.24) is 4.90 Å². The van der Waals surface area contributed by atoms with Crippen LogP contribution in [0.2, 0.25) is 0 Å². The van der Waals surface area contributed by atoms with Gasteiger partial charge in [-0.15, -0.1) is 0 Å². The summed E-state index contributed by atoms with van der Waals surface area (Å²) in [5.41, 5.74) is 1.93. The second-order valence-corrected chi connectivity index (χ2v) is 6.52. The minimum atomic E-state index is -0.722. The van der Waals surface area contributed by atoms with Crippen LogP contribution in [0.15, 0.2) is 65.9 Å². The van der Waals surface area contributed by atoms with Gasteiger partial charge in [0.15, 0.2) is 0 Å². The van der Waals surface area contributed by atoms with Crippen LogP contribution in [-0.4, -0.2) is 35.5 Å². The molecule has 2 aromatic rings. The van der Waals surface area contributed by atoms with E-state index in [1.165, 1.54) is 34.1 Å². The minimum Gasteiger partial charge on any atom is -0.463 e. The number of nitrogens with zero attached hydrogens (tertiary/aromatic N) is 3. The Bertz CT molecular complexity index is 970. The summed E-state index contributed by atoms with van der Waals surface area (Å²) >= 11 is 0. The number of esters is 1. The van der Waals surface area contributed by atoms with Crippen LogP contribution < -0.4 is 4.90 Å². The maximum Gasteiger partial charge on any atom is 0.338 e. The average Bonchev–Trinajstić information content (AvgIpc) is 2.72. The molecule has 2 aromatic carbocycles. The second-order valence-electron chi connectivity index (χ2n) is 6.52. The lowest BCUT2D eigenvalue weighted by Crippen LogP contribution is -2.49. The molecule has 0 aliphatic carbocycles. The van der Waals surface area contributed by atoms with E-state index in [1.54, 1.807) is 20.9 Å². The molecule has 0 bridgehead atoms. The number of hydrogen-bond acceptors (Lipinski definition) is 5. The summed E-state index contributed by atoms with van der Waals surface area (Å²) in [6.45, 7) is 3.62. The zero-order valence-electron chi connectivity index (χ0n) is 16.4. The number of nitro groups is 1. The number of rotatable bonds is 5. The predicted octanol–water partition coefficient (Wildman–Crippen LogP) is 4.05. The van der Waals surface area contributed by atoms with Gasteiger partial charge in [0.2, 0.25) is 0 Å². The minimum absolute atomic E-state index is 0.0832. The predicted molar refractivity (Wildman–Crippen MR) is 107 cm³/mol. The molecular weight excluding hydrogens is 374 g/mol. The summed E-state index contributed by atoms with van der Waals surface area (Å²) < 4.78 is 5.27. The third-order valence-electron chi connectivity index (χ3n) is 4.87. The normalized spacial score (nSPS) is 16.8. The van der Waals surface area contributed by atoms with Crippen LogP contribution in [0.5, 0.6) is 0 Å². The number of carbonyl (C=O) groups excluding carboxylic acids is 2. The highest BCUT2D eigenvalue weighted by Gasteiger charge is 2.41. The van der Waals surface area contributed by atoms with Gasteiger partial charge in [-0.2, -0.15) is 0 Å². The van der Waals surface area contributed by atoms with Crippen molar-refractivity contribution in [1.29, 1.82) is 0 Å². The molecule has 1 atom stereocenters. The lowest BCUT2D eigenvalue weighted by atomic mass is 9.92. The number of nitro benzene ring substituents is 1. The molecule has 8 nitrogen and oxygen atoms in total. The van der Waals surface area contributed by atoms with E-state index in [4.69, 9.17) is 4.74 Å². The quantitative estimate of drug-likeness (QED) is 0.433. The number of anilines is 1. The van der Waals surface area contributed by atoms with Gasteiger partial charge in [0.25, 0.3) is 5.69 Å². The van der Waals surface area contributed by atoms with Gasteiger partial charge in [-0.3, -0.25) is 15.0 Å². The van der Waals surface area contributed by atoms with E-state index in [0.717, 1.165) is 5.56 Å². The molecule has 1 aliphatic rings. The Morgan fingerprint density at radius 3 is 2.31 bits per heavy atom. The molecular formula is C21H21N3O5. The molecule has 0 spiro atoms. The number of hydrogen-bond donors (Lipinski definition) is 0. The summed E-state index contributed by atoms with van der Waals surface area (Å²) in [7, 11) is 1.58. The van der Waals surface area contributed by atoms with Crippen LogP contribution >= 0.6 is 0 Å². The van der Waals surface area contributed by atoms with Crippen molar-refractivity contribution in [3.05, 3.63) is 81.5 Å². The molecule has 0 saturated heterocycles. The van der Waals surface area contributed by atoms with Gasteiger partial charge >= 0.3 is 12.0 Å². The molecule has 0 N–H and O–H groups in total. The Morgan fingerprint density at radius 1 is 1.14 bits per heavy atom. The highest BCUT2D eigenvalue weighted by Crippen LogP contribution is 2.40. The standard InChI is InChI=1S/C21H21N3O5/c1-4-29-20(25)18-14(2)22(3)21(26)23(19(18)15-8-6-5-7-9-15)16-10-12-17(13-11-16)24(27)28/h5-13,19H,4H2,1-3H3. The molecule has 8 heteroatoms. The summed E-state index contributed by atoms with van der Waals surface area (Å²) in [6, 6.07) is 13.7. The van der Waals surface area contributed by atoms with Gasteiger partial charge < -0.3 is 9.64 Å². The van der Waals surface area contributed by atoms with Gasteiger partial charge in [0.1, 0.15) is 0 Å². The average molecular weight is 395 g/mol. The molecule has 0 aromatic heterocycles. The van der Waals surface area contributed by atoms with Crippen molar-refractivity contribution in [2.75, 3.05) is 18.6 Å². The second kappa shape index (κ2) is 8.14.